The van der Waals surface area contributed by atoms with Crippen molar-refractivity contribution >= 4 is 68.4 Å². The lowest BCUT2D eigenvalue weighted by Crippen LogP contribution is -2.38. The highest BCUT2D eigenvalue weighted by Gasteiger charge is 2.56. The average Bonchev–Trinajstić information content (AvgIpc) is 3.03. The van der Waals surface area contributed by atoms with Gasteiger partial charge in [0.05, 0.1) is 17.1 Å². The highest BCUT2D eigenvalue weighted by molar-refractivity contribution is 7.59. The Morgan fingerprint density at radius 2 is 1.87 bits per heavy atom. The molecule has 1 N–H and O–H groups in total. The number of nitrogens with zero attached hydrogens (tertiary/aromatic N) is 2. The molecule has 2 aliphatic rings. The molecule has 3 aromatic rings. The fourth-order valence-corrected chi connectivity index (χ4v) is 4.38. The second-order valence-corrected chi connectivity index (χ2v) is 9.01. The predicted molar refractivity (Wildman–Crippen MR) is 137 cm³/mol. The number of imidazole rings is 1. The Kier molecular flexibility index (Phi) is 7.06. The third-order valence-electron chi connectivity index (χ3n) is 5.67. The van der Waals surface area contributed by atoms with Gasteiger partial charge in [-0.3, -0.25) is 4.90 Å². The summed E-state index contributed by atoms with van der Waals surface area (Å²) in [5, 5.41) is 2.34. The fourth-order valence-electron chi connectivity index (χ4n) is 4.38. The van der Waals surface area contributed by atoms with Crippen molar-refractivity contribution in [1.29, 1.82) is 0 Å². The number of aryl methyl sites for hydroxylation is 1. The zero-order valence-electron chi connectivity index (χ0n) is 17.7. The molecule has 2 heterocycles. The molecule has 0 bridgehead atoms. The van der Waals surface area contributed by atoms with Crippen molar-refractivity contribution in [3.8, 4) is 0 Å². The minimum Gasteiger partial charge on any atom is -0.444 e. The number of piperidine rings is 1. The zero-order chi connectivity index (χ0) is 18.9. The summed E-state index contributed by atoms with van der Waals surface area (Å²) in [5.41, 5.74) is 2.75. The number of likely N-dealkylation sites (tertiary alicyclic amines) is 1. The third-order valence-corrected chi connectivity index (χ3v) is 5.67. The Balaban J connectivity index is 0.00000107. The quantitative estimate of drug-likeness (QED) is 0.521. The van der Waals surface area contributed by atoms with Crippen molar-refractivity contribution in [2.75, 3.05) is 0 Å². The van der Waals surface area contributed by atoms with Crippen LogP contribution in [0.3, 0.4) is 0 Å². The maximum Gasteiger partial charge on any atom is 0.411 e. The molecule has 2 aromatic carbocycles. The number of nitrogens with one attached hydrogen (secondary N) is 1. The van der Waals surface area contributed by atoms with Crippen molar-refractivity contribution in [2.24, 2.45) is 5.92 Å². The second kappa shape index (κ2) is 8.55. The molecule has 30 heavy (non-hydrogen) atoms. The summed E-state index contributed by atoms with van der Waals surface area (Å²) in [6.07, 6.45) is 1.82. The lowest BCUT2D eigenvalue weighted by Gasteiger charge is -2.29. The molecule has 1 saturated carbocycles. The van der Waals surface area contributed by atoms with E-state index in [-0.39, 0.29) is 52.6 Å². The van der Waals surface area contributed by atoms with Crippen LogP contribution in [-0.4, -0.2) is 32.6 Å². The molecule has 5 nitrogen and oxygen atoms in total. The number of rotatable bonds is 1. The van der Waals surface area contributed by atoms with Crippen molar-refractivity contribution in [3.63, 3.8) is 0 Å². The highest BCUT2D eigenvalue weighted by Crippen LogP contribution is 2.53. The minimum atomic E-state index is -0.490. The van der Waals surface area contributed by atoms with Gasteiger partial charge in [-0.05, 0) is 57.9 Å². The molecule has 0 unspecified atom stereocenters. The SMILES string of the molecule is Cc1ccc2c(ccc3[nH]c([C@@H]4C[C@@H]5C[C@@H]5N4C(=O)OC(C)(C)C)nc32)c1.S.S.S. The molecular weight excluding hydrogens is 434 g/mol. The van der Waals surface area contributed by atoms with E-state index in [1.807, 2.05) is 25.7 Å². The van der Waals surface area contributed by atoms with Crippen LogP contribution < -0.4 is 0 Å². The number of aromatic nitrogens is 2. The van der Waals surface area contributed by atoms with E-state index in [1.54, 1.807) is 0 Å². The summed E-state index contributed by atoms with van der Waals surface area (Å²) >= 11 is 0. The van der Waals surface area contributed by atoms with E-state index >= 15 is 0 Å². The summed E-state index contributed by atoms with van der Waals surface area (Å²) in [6, 6.07) is 10.9. The van der Waals surface area contributed by atoms with E-state index in [9.17, 15) is 4.79 Å². The van der Waals surface area contributed by atoms with Crippen LogP contribution in [0.4, 0.5) is 4.79 Å². The molecule has 1 aliphatic carbocycles. The fraction of sp³-hybridized carbons (Fsp3) is 0.455. The lowest BCUT2D eigenvalue weighted by molar-refractivity contribution is 0.0175. The number of fused-ring (bicyclic) bond motifs is 4. The number of hydrogen-bond acceptors (Lipinski definition) is 3. The van der Waals surface area contributed by atoms with Crippen molar-refractivity contribution in [1.82, 2.24) is 14.9 Å². The highest BCUT2D eigenvalue weighted by atomic mass is 32.1. The van der Waals surface area contributed by atoms with E-state index < -0.39 is 5.60 Å². The van der Waals surface area contributed by atoms with Crippen LogP contribution in [0.15, 0.2) is 30.3 Å². The molecule has 164 valence electrons. The molecule has 0 radical (unpaired) electrons. The Labute approximate surface area is 198 Å². The van der Waals surface area contributed by atoms with Crippen LogP contribution in [0, 0.1) is 12.8 Å². The summed E-state index contributed by atoms with van der Waals surface area (Å²) in [7, 11) is 0. The summed E-state index contributed by atoms with van der Waals surface area (Å²) < 4.78 is 5.67. The summed E-state index contributed by atoms with van der Waals surface area (Å²) in [6.45, 7) is 7.84. The van der Waals surface area contributed by atoms with Crippen molar-refractivity contribution < 1.29 is 9.53 Å². The molecular formula is C22H31N3O2S3. The van der Waals surface area contributed by atoms with Crippen LogP contribution in [0.5, 0.6) is 0 Å². The third kappa shape index (κ3) is 4.27. The maximum atomic E-state index is 12.8. The Morgan fingerprint density at radius 3 is 2.57 bits per heavy atom. The van der Waals surface area contributed by atoms with Gasteiger partial charge in [-0.15, -0.1) is 0 Å². The van der Waals surface area contributed by atoms with E-state index in [0.717, 1.165) is 35.1 Å². The molecule has 1 saturated heterocycles. The number of carbonyl (C=O) groups excluding carboxylic acids is 1. The topological polar surface area (TPSA) is 58.2 Å². The van der Waals surface area contributed by atoms with Crippen LogP contribution in [0.1, 0.15) is 51.0 Å². The Hall–Kier alpha value is -1.51. The number of amides is 1. The largest absolute Gasteiger partial charge is 0.444 e. The zero-order valence-corrected chi connectivity index (χ0v) is 20.7. The molecule has 1 aliphatic heterocycles. The molecule has 5 rings (SSSR count). The van der Waals surface area contributed by atoms with Crippen LogP contribution >= 0.6 is 40.5 Å². The lowest BCUT2D eigenvalue weighted by atomic mass is 10.1. The van der Waals surface area contributed by atoms with E-state index in [0.29, 0.717) is 12.0 Å². The van der Waals surface area contributed by atoms with Crippen molar-refractivity contribution in [3.05, 3.63) is 41.7 Å². The standard InChI is InChI=1S/C22H25N3O2.3H2S/c1-12-5-7-15-13(9-12)6-8-16-19(15)24-20(23-16)18-11-14-10-17(14)25(18)21(26)27-22(2,3)4;;;/h5-9,14,17-18H,10-11H2,1-4H3,(H,23,24);3*1H2/t14-,17-,18-;;;/m0.../s1. The molecule has 3 atom stereocenters. The van der Waals surface area contributed by atoms with Crippen LogP contribution in [0.25, 0.3) is 21.8 Å². The number of H-pyrrole nitrogens is 1. The first-order valence-corrected chi connectivity index (χ1v) is 9.70. The molecule has 0 spiro atoms. The van der Waals surface area contributed by atoms with Gasteiger partial charge in [-0.1, -0.05) is 29.8 Å². The van der Waals surface area contributed by atoms with Gasteiger partial charge in [0, 0.05) is 11.4 Å². The van der Waals surface area contributed by atoms with Crippen LogP contribution in [-0.2, 0) is 4.74 Å². The van der Waals surface area contributed by atoms with Gasteiger partial charge in [0.25, 0.3) is 0 Å². The molecule has 1 aromatic heterocycles. The predicted octanol–water partition coefficient (Wildman–Crippen LogP) is 5.43. The number of carbonyl (C=O) groups is 1. The maximum absolute atomic E-state index is 12.8. The first kappa shape index (κ1) is 24.8. The first-order valence-electron chi connectivity index (χ1n) is 9.70. The number of ether oxygens (including phenoxy) is 1. The monoisotopic (exact) mass is 465 g/mol. The molecule has 2 fully saturated rings. The van der Waals surface area contributed by atoms with Gasteiger partial charge in [-0.2, -0.15) is 40.5 Å². The van der Waals surface area contributed by atoms with Gasteiger partial charge in [0.1, 0.15) is 11.4 Å². The van der Waals surface area contributed by atoms with Crippen molar-refractivity contribution in [2.45, 2.75) is 58.2 Å². The summed E-state index contributed by atoms with van der Waals surface area (Å²) in [4.78, 5) is 23.1. The average molecular weight is 466 g/mol. The normalized spacial score (nSPS) is 22.0. The minimum absolute atomic E-state index is 0. The summed E-state index contributed by atoms with van der Waals surface area (Å²) in [5.74, 6) is 1.45. The second-order valence-electron chi connectivity index (χ2n) is 9.01. The van der Waals surface area contributed by atoms with Crippen LogP contribution in [0.2, 0.25) is 0 Å². The molecule has 1 amide bonds. The van der Waals surface area contributed by atoms with Gasteiger partial charge < -0.3 is 9.72 Å². The Bertz CT molecular complexity index is 1080. The van der Waals surface area contributed by atoms with E-state index in [2.05, 4.69) is 42.2 Å². The van der Waals surface area contributed by atoms with Gasteiger partial charge >= 0.3 is 6.09 Å². The van der Waals surface area contributed by atoms with Gasteiger partial charge in [0.15, 0.2) is 0 Å². The number of hydrogen-bond donors (Lipinski definition) is 1. The van der Waals surface area contributed by atoms with Gasteiger partial charge in [-0.25, -0.2) is 9.78 Å². The number of aromatic amines is 1. The number of benzene rings is 2. The van der Waals surface area contributed by atoms with Gasteiger partial charge in [0.2, 0.25) is 0 Å². The smallest absolute Gasteiger partial charge is 0.411 e. The van der Waals surface area contributed by atoms with E-state index in [4.69, 9.17) is 9.72 Å². The van der Waals surface area contributed by atoms with E-state index in [1.165, 1.54) is 10.9 Å². The first-order chi connectivity index (χ1) is 12.8. The molecule has 8 heteroatoms. The Morgan fingerprint density at radius 1 is 1.13 bits per heavy atom.